The molecule has 0 atom stereocenters. The van der Waals surface area contributed by atoms with Gasteiger partial charge in [0.15, 0.2) is 17.5 Å². The lowest BCUT2D eigenvalue weighted by Crippen LogP contribution is -2.00. The van der Waals surface area contributed by atoms with E-state index in [0.717, 1.165) is 55.3 Å². The summed E-state index contributed by atoms with van der Waals surface area (Å²) in [5.74, 6) is 1.84. The van der Waals surface area contributed by atoms with Crippen molar-refractivity contribution >= 4 is 43.7 Å². The number of hydrogen-bond donors (Lipinski definition) is 0. The van der Waals surface area contributed by atoms with Crippen molar-refractivity contribution in [2.24, 2.45) is 0 Å². The first-order valence-corrected chi connectivity index (χ1v) is 18.8. The van der Waals surface area contributed by atoms with Crippen molar-refractivity contribution in [1.82, 2.24) is 19.5 Å². The molecule has 0 N–H and O–H groups in total. The molecule has 0 aliphatic carbocycles. The van der Waals surface area contributed by atoms with Crippen LogP contribution in [-0.2, 0) is 0 Å². The predicted molar refractivity (Wildman–Crippen MR) is 229 cm³/mol. The highest BCUT2D eigenvalue weighted by molar-refractivity contribution is 6.16. The standard InChI is InChI=1S/C51H32N4O/c1-5-14-33(15-6-1)37-24-28-43-45(30-37)55(44-23-13-22-40(48(43)44)34-16-7-2-8-17-34)39-26-29-42-41-27-25-38(31-46(41)56-47(42)32-39)51-53-49(35-18-9-3-10-19-35)52-50(54-51)36-20-11-4-12-21-36/h1-32H. The van der Waals surface area contributed by atoms with Gasteiger partial charge in [0.25, 0.3) is 0 Å². The van der Waals surface area contributed by atoms with Crippen LogP contribution in [0.1, 0.15) is 0 Å². The molecule has 0 radical (unpaired) electrons. The second kappa shape index (κ2) is 13.0. The Morgan fingerprint density at radius 2 is 0.857 bits per heavy atom. The van der Waals surface area contributed by atoms with Gasteiger partial charge in [-0.1, -0.05) is 152 Å². The van der Waals surface area contributed by atoms with Crippen molar-refractivity contribution in [3.05, 3.63) is 194 Å². The minimum Gasteiger partial charge on any atom is -0.456 e. The van der Waals surface area contributed by atoms with Crippen molar-refractivity contribution in [2.45, 2.75) is 0 Å². The molecule has 0 amide bonds. The Bertz CT molecular complexity index is 3170. The van der Waals surface area contributed by atoms with Crippen LogP contribution in [-0.4, -0.2) is 19.5 Å². The maximum atomic E-state index is 6.71. The molecule has 0 saturated carbocycles. The van der Waals surface area contributed by atoms with Gasteiger partial charge in [0.05, 0.1) is 11.0 Å². The van der Waals surface area contributed by atoms with Crippen LogP contribution >= 0.6 is 0 Å². The van der Waals surface area contributed by atoms with Crippen molar-refractivity contribution < 1.29 is 4.42 Å². The summed E-state index contributed by atoms with van der Waals surface area (Å²) in [4.78, 5) is 14.8. The minimum absolute atomic E-state index is 0.592. The molecule has 5 nitrogen and oxygen atoms in total. The van der Waals surface area contributed by atoms with Crippen LogP contribution in [0.2, 0.25) is 0 Å². The van der Waals surface area contributed by atoms with Gasteiger partial charge in [-0.05, 0) is 58.7 Å². The minimum atomic E-state index is 0.592. The van der Waals surface area contributed by atoms with E-state index < -0.39 is 0 Å². The quantitative estimate of drug-likeness (QED) is 0.172. The number of furan rings is 1. The van der Waals surface area contributed by atoms with Gasteiger partial charge < -0.3 is 8.98 Å². The second-order valence-electron chi connectivity index (χ2n) is 14.0. The zero-order valence-electron chi connectivity index (χ0n) is 30.2. The predicted octanol–water partition coefficient (Wildman–Crippen LogP) is 13.2. The van der Waals surface area contributed by atoms with Crippen LogP contribution in [0.15, 0.2) is 199 Å². The maximum Gasteiger partial charge on any atom is 0.164 e. The molecule has 0 saturated heterocycles. The number of nitrogens with zero attached hydrogens (tertiary/aromatic N) is 4. The summed E-state index contributed by atoms with van der Waals surface area (Å²) >= 11 is 0. The number of rotatable bonds is 6. The average Bonchev–Trinajstić information content (AvgIpc) is 3.82. The molecule has 8 aromatic carbocycles. The Labute approximate surface area is 322 Å². The van der Waals surface area contributed by atoms with Crippen LogP contribution < -0.4 is 0 Å². The van der Waals surface area contributed by atoms with Crippen molar-refractivity contribution in [1.29, 1.82) is 0 Å². The molecule has 262 valence electrons. The summed E-state index contributed by atoms with van der Waals surface area (Å²) in [6.07, 6.45) is 0. The summed E-state index contributed by atoms with van der Waals surface area (Å²) in [7, 11) is 0. The molecule has 5 heteroatoms. The number of aromatic nitrogens is 4. The smallest absolute Gasteiger partial charge is 0.164 e. The monoisotopic (exact) mass is 716 g/mol. The lowest BCUT2D eigenvalue weighted by Gasteiger charge is -2.10. The summed E-state index contributed by atoms with van der Waals surface area (Å²) in [6, 6.07) is 67.5. The van der Waals surface area contributed by atoms with Crippen LogP contribution in [0.25, 0.3) is 106 Å². The molecule has 0 unspecified atom stereocenters. The fourth-order valence-electron chi connectivity index (χ4n) is 8.00. The van der Waals surface area contributed by atoms with E-state index in [4.69, 9.17) is 19.4 Å². The Morgan fingerprint density at radius 3 is 1.50 bits per heavy atom. The van der Waals surface area contributed by atoms with E-state index in [0.29, 0.717) is 17.5 Å². The van der Waals surface area contributed by atoms with Gasteiger partial charge >= 0.3 is 0 Å². The Balaban J connectivity index is 1.08. The molecule has 0 spiro atoms. The van der Waals surface area contributed by atoms with E-state index in [1.54, 1.807) is 0 Å². The molecule has 0 aliphatic rings. The molecule has 11 rings (SSSR count). The highest BCUT2D eigenvalue weighted by Crippen LogP contribution is 2.41. The van der Waals surface area contributed by atoms with E-state index in [1.807, 2.05) is 66.7 Å². The van der Waals surface area contributed by atoms with Crippen LogP contribution in [0, 0.1) is 0 Å². The number of benzene rings is 8. The molecule has 3 aromatic heterocycles. The molecule has 0 fully saturated rings. The van der Waals surface area contributed by atoms with Gasteiger partial charge in [0.2, 0.25) is 0 Å². The molecular weight excluding hydrogens is 685 g/mol. The van der Waals surface area contributed by atoms with Gasteiger partial charge in [-0.15, -0.1) is 0 Å². The Hall–Kier alpha value is -7.63. The molecule has 3 heterocycles. The molecule has 0 bridgehead atoms. The number of fused-ring (bicyclic) bond motifs is 6. The van der Waals surface area contributed by atoms with Gasteiger partial charge in [0, 0.05) is 50.0 Å². The fraction of sp³-hybridized carbons (Fsp3) is 0. The lowest BCUT2D eigenvalue weighted by molar-refractivity contribution is 0.668. The van der Waals surface area contributed by atoms with E-state index >= 15 is 0 Å². The third-order valence-corrected chi connectivity index (χ3v) is 10.7. The van der Waals surface area contributed by atoms with Crippen LogP contribution in [0.4, 0.5) is 0 Å². The molecule has 56 heavy (non-hydrogen) atoms. The average molecular weight is 717 g/mol. The first kappa shape index (κ1) is 31.9. The van der Waals surface area contributed by atoms with E-state index in [9.17, 15) is 0 Å². The topological polar surface area (TPSA) is 56.7 Å². The Morgan fingerprint density at radius 1 is 0.339 bits per heavy atom. The van der Waals surface area contributed by atoms with Crippen molar-refractivity contribution in [3.63, 3.8) is 0 Å². The van der Waals surface area contributed by atoms with Gasteiger partial charge in [-0.3, -0.25) is 0 Å². The molecular formula is C51H32N4O. The highest BCUT2D eigenvalue weighted by Gasteiger charge is 2.19. The SMILES string of the molecule is c1ccc(-c2ccc3c4c(-c5ccccc5)cccc4n(-c4ccc5c(c4)oc4cc(-c6nc(-c7ccccc7)nc(-c7ccccc7)n6)ccc45)c3c2)cc1. The second-order valence-corrected chi connectivity index (χ2v) is 14.0. The summed E-state index contributed by atoms with van der Waals surface area (Å²) in [6.45, 7) is 0. The first-order chi connectivity index (χ1) is 27.7. The first-order valence-electron chi connectivity index (χ1n) is 18.8. The zero-order valence-corrected chi connectivity index (χ0v) is 30.2. The third kappa shape index (κ3) is 5.37. The van der Waals surface area contributed by atoms with E-state index in [1.165, 1.54) is 33.0 Å². The summed E-state index contributed by atoms with van der Waals surface area (Å²) < 4.78 is 9.09. The van der Waals surface area contributed by atoms with Gasteiger partial charge in [-0.25, -0.2) is 15.0 Å². The van der Waals surface area contributed by atoms with Crippen molar-refractivity contribution in [3.8, 4) is 62.1 Å². The van der Waals surface area contributed by atoms with Crippen molar-refractivity contribution in [2.75, 3.05) is 0 Å². The fourth-order valence-corrected chi connectivity index (χ4v) is 8.00. The van der Waals surface area contributed by atoms with Gasteiger partial charge in [-0.2, -0.15) is 0 Å². The van der Waals surface area contributed by atoms with Crippen LogP contribution in [0.5, 0.6) is 0 Å². The summed E-state index contributed by atoms with van der Waals surface area (Å²) in [5, 5.41) is 4.52. The Kier molecular flexibility index (Phi) is 7.42. The normalized spacial score (nSPS) is 11.6. The lowest BCUT2D eigenvalue weighted by atomic mass is 9.98. The van der Waals surface area contributed by atoms with E-state index in [2.05, 4.69) is 132 Å². The molecule has 0 aliphatic heterocycles. The van der Waals surface area contributed by atoms with Crippen LogP contribution in [0.3, 0.4) is 0 Å². The largest absolute Gasteiger partial charge is 0.456 e. The van der Waals surface area contributed by atoms with Gasteiger partial charge in [0.1, 0.15) is 11.2 Å². The number of hydrogen-bond acceptors (Lipinski definition) is 4. The molecule has 11 aromatic rings. The zero-order chi connectivity index (χ0) is 37.0. The highest BCUT2D eigenvalue weighted by atomic mass is 16.3. The third-order valence-electron chi connectivity index (χ3n) is 10.7. The summed E-state index contributed by atoms with van der Waals surface area (Å²) in [5.41, 5.74) is 12.4. The van der Waals surface area contributed by atoms with E-state index in [-0.39, 0.29) is 0 Å². The maximum absolute atomic E-state index is 6.71.